The van der Waals surface area contributed by atoms with E-state index < -0.39 is 11.6 Å². The Hall–Kier alpha value is -1.96. The number of piperazine rings is 1. The molecule has 1 heterocycles. The molecule has 0 aliphatic carbocycles. The molecular formula is C18H27N3O4. The molecule has 25 heavy (non-hydrogen) atoms. The zero-order chi connectivity index (χ0) is 18.3. The Balaban J connectivity index is 1.96. The van der Waals surface area contributed by atoms with E-state index in [1.165, 1.54) is 5.56 Å². The first-order valence-corrected chi connectivity index (χ1v) is 8.56. The van der Waals surface area contributed by atoms with Gasteiger partial charge in [-0.25, -0.2) is 0 Å². The average molecular weight is 349 g/mol. The number of hydrogen-bond donors (Lipinski definition) is 4. The highest BCUT2D eigenvalue weighted by Crippen LogP contribution is 2.12. The Morgan fingerprint density at radius 1 is 1.32 bits per heavy atom. The lowest BCUT2D eigenvalue weighted by Crippen LogP contribution is -2.58. The zero-order valence-electron chi connectivity index (χ0n) is 14.6. The van der Waals surface area contributed by atoms with Crippen LogP contribution in [0, 0.1) is 0 Å². The van der Waals surface area contributed by atoms with Crippen molar-refractivity contribution in [2.45, 2.75) is 31.3 Å². The minimum absolute atomic E-state index is 0.00376. The monoisotopic (exact) mass is 349 g/mol. The van der Waals surface area contributed by atoms with Crippen LogP contribution in [0.5, 0.6) is 0 Å². The zero-order valence-corrected chi connectivity index (χ0v) is 14.6. The molecule has 1 aliphatic rings. The van der Waals surface area contributed by atoms with Gasteiger partial charge in [-0.1, -0.05) is 30.3 Å². The van der Waals surface area contributed by atoms with Crippen molar-refractivity contribution in [2.24, 2.45) is 0 Å². The fourth-order valence-electron chi connectivity index (χ4n) is 2.86. The quantitative estimate of drug-likeness (QED) is 0.496. The first-order valence-electron chi connectivity index (χ1n) is 8.56. The van der Waals surface area contributed by atoms with Crippen molar-refractivity contribution in [3.63, 3.8) is 0 Å². The molecule has 7 heteroatoms. The second kappa shape index (κ2) is 8.94. The van der Waals surface area contributed by atoms with Crippen LogP contribution < -0.4 is 10.6 Å². The van der Waals surface area contributed by atoms with Gasteiger partial charge in [0.25, 0.3) is 0 Å². The standard InChI is InChI=1S/C18H27N3O4/c1-18(12-22,13-23)20-16(24)11-15-17(25)19-8-10-21(15)9-7-14-5-3-2-4-6-14/h2-6,15,22-23H,7-13H2,1H3,(H,19,25)(H,20,24)/t15-/m0/s1. The highest BCUT2D eigenvalue weighted by molar-refractivity contribution is 5.89. The number of rotatable bonds is 8. The first kappa shape index (κ1) is 19.4. The molecule has 1 aromatic rings. The van der Waals surface area contributed by atoms with E-state index in [1.807, 2.05) is 35.2 Å². The molecule has 0 saturated carbocycles. The number of hydrogen-bond acceptors (Lipinski definition) is 5. The summed E-state index contributed by atoms with van der Waals surface area (Å²) in [4.78, 5) is 26.5. The molecule has 1 aromatic carbocycles. The molecule has 2 amide bonds. The summed E-state index contributed by atoms with van der Waals surface area (Å²) < 4.78 is 0. The van der Waals surface area contributed by atoms with Crippen molar-refractivity contribution >= 4 is 11.8 Å². The number of nitrogens with one attached hydrogen (secondary N) is 2. The molecule has 2 rings (SSSR count). The van der Waals surface area contributed by atoms with E-state index in [0.29, 0.717) is 19.6 Å². The van der Waals surface area contributed by atoms with Gasteiger partial charge >= 0.3 is 0 Å². The molecule has 138 valence electrons. The Morgan fingerprint density at radius 3 is 2.64 bits per heavy atom. The van der Waals surface area contributed by atoms with Crippen LogP contribution in [0.4, 0.5) is 0 Å². The van der Waals surface area contributed by atoms with Crippen molar-refractivity contribution < 1.29 is 19.8 Å². The van der Waals surface area contributed by atoms with Crippen LogP contribution in [0.3, 0.4) is 0 Å². The summed E-state index contributed by atoms with van der Waals surface area (Å²) in [5, 5.41) is 24.0. The van der Waals surface area contributed by atoms with E-state index in [4.69, 9.17) is 0 Å². The second-order valence-corrected chi connectivity index (χ2v) is 6.71. The van der Waals surface area contributed by atoms with Crippen molar-refractivity contribution in [2.75, 3.05) is 32.8 Å². The summed E-state index contributed by atoms with van der Waals surface area (Å²) in [6, 6.07) is 9.46. The van der Waals surface area contributed by atoms with Gasteiger partial charge in [-0.2, -0.15) is 0 Å². The second-order valence-electron chi connectivity index (χ2n) is 6.71. The molecule has 7 nitrogen and oxygen atoms in total. The van der Waals surface area contributed by atoms with Crippen LogP contribution >= 0.6 is 0 Å². The van der Waals surface area contributed by atoms with E-state index in [1.54, 1.807) is 6.92 Å². The van der Waals surface area contributed by atoms with Gasteiger partial charge in [0.1, 0.15) is 0 Å². The van der Waals surface area contributed by atoms with Crippen molar-refractivity contribution in [3.8, 4) is 0 Å². The number of aliphatic hydroxyl groups excluding tert-OH is 2. The van der Waals surface area contributed by atoms with Crippen LogP contribution in [-0.4, -0.2) is 71.4 Å². The van der Waals surface area contributed by atoms with Gasteiger partial charge in [-0.15, -0.1) is 0 Å². The van der Waals surface area contributed by atoms with Gasteiger partial charge < -0.3 is 20.8 Å². The lowest BCUT2D eigenvalue weighted by Gasteiger charge is -2.35. The normalized spacial score (nSPS) is 18.7. The van der Waals surface area contributed by atoms with Gasteiger partial charge in [0.05, 0.1) is 31.2 Å². The molecule has 1 aliphatic heterocycles. The summed E-state index contributed by atoms with van der Waals surface area (Å²) in [6.07, 6.45) is 0.799. The Bertz CT molecular complexity index is 575. The van der Waals surface area contributed by atoms with E-state index in [0.717, 1.165) is 6.42 Å². The molecule has 4 N–H and O–H groups in total. The predicted molar refractivity (Wildman–Crippen MR) is 93.9 cm³/mol. The maximum absolute atomic E-state index is 12.3. The maximum atomic E-state index is 12.3. The molecule has 1 atom stereocenters. The number of benzene rings is 1. The fraction of sp³-hybridized carbons (Fsp3) is 0.556. The third-order valence-corrected chi connectivity index (χ3v) is 4.49. The molecule has 0 bridgehead atoms. The molecule has 0 aromatic heterocycles. The van der Waals surface area contributed by atoms with E-state index in [9.17, 15) is 19.8 Å². The Labute approximate surface area is 148 Å². The van der Waals surface area contributed by atoms with E-state index in [-0.39, 0.29) is 31.4 Å². The van der Waals surface area contributed by atoms with Crippen molar-refractivity contribution in [3.05, 3.63) is 35.9 Å². The molecule has 0 radical (unpaired) electrons. The Morgan fingerprint density at radius 2 is 2.00 bits per heavy atom. The SMILES string of the molecule is CC(CO)(CO)NC(=O)C[C@H]1C(=O)NCCN1CCc1ccccc1. The lowest BCUT2D eigenvalue weighted by molar-refractivity contribution is -0.135. The minimum Gasteiger partial charge on any atom is -0.394 e. The number of nitrogens with zero attached hydrogens (tertiary/aromatic N) is 1. The topological polar surface area (TPSA) is 102 Å². The molecule has 0 unspecified atom stereocenters. The van der Waals surface area contributed by atoms with Gasteiger partial charge in [-0.3, -0.25) is 14.5 Å². The third-order valence-electron chi connectivity index (χ3n) is 4.49. The van der Waals surface area contributed by atoms with Crippen LogP contribution in [0.15, 0.2) is 30.3 Å². The highest BCUT2D eigenvalue weighted by atomic mass is 16.3. The highest BCUT2D eigenvalue weighted by Gasteiger charge is 2.33. The summed E-state index contributed by atoms with van der Waals surface area (Å²) in [6.45, 7) is 2.75. The number of carbonyl (C=O) groups is 2. The molecular weight excluding hydrogens is 322 g/mol. The van der Waals surface area contributed by atoms with Crippen molar-refractivity contribution in [1.82, 2.24) is 15.5 Å². The average Bonchev–Trinajstić information content (AvgIpc) is 2.63. The molecule has 1 saturated heterocycles. The summed E-state index contributed by atoms with van der Waals surface area (Å²) in [5.74, 6) is -0.526. The van der Waals surface area contributed by atoms with Gasteiger partial charge in [0.2, 0.25) is 11.8 Å². The summed E-state index contributed by atoms with van der Waals surface area (Å²) in [7, 11) is 0. The minimum atomic E-state index is -1.09. The van der Waals surface area contributed by atoms with Crippen LogP contribution in [-0.2, 0) is 16.0 Å². The van der Waals surface area contributed by atoms with Gasteiger partial charge in [-0.05, 0) is 18.9 Å². The number of amides is 2. The van der Waals surface area contributed by atoms with Crippen molar-refractivity contribution in [1.29, 1.82) is 0 Å². The fourth-order valence-corrected chi connectivity index (χ4v) is 2.86. The third kappa shape index (κ3) is 5.52. The van der Waals surface area contributed by atoms with Crippen LogP contribution in [0.1, 0.15) is 18.9 Å². The first-order chi connectivity index (χ1) is 12.0. The predicted octanol–water partition coefficient (Wildman–Crippen LogP) is -0.721. The van der Waals surface area contributed by atoms with E-state index >= 15 is 0 Å². The smallest absolute Gasteiger partial charge is 0.237 e. The number of aliphatic hydroxyl groups is 2. The van der Waals surface area contributed by atoms with Gasteiger partial charge in [0.15, 0.2) is 0 Å². The molecule has 0 spiro atoms. The maximum Gasteiger partial charge on any atom is 0.237 e. The molecule has 1 fully saturated rings. The lowest BCUT2D eigenvalue weighted by atomic mass is 10.0. The van der Waals surface area contributed by atoms with E-state index in [2.05, 4.69) is 10.6 Å². The van der Waals surface area contributed by atoms with Crippen LogP contribution in [0.2, 0.25) is 0 Å². The van der Waals surface area contributed by atoms with Gasteiger partial charge in [0, 0.05) is 19.6 Å². The van der Waals surface area contributed by atoms with Crippen LogP contribution in [0.25, 0.3) is 0 Å². The summed E-state index contributed by atoms with van der Waals surface area (Å²) >= 11 is 0. The largest absolute Gasteiger partial charge is 0.394 e. The summed E-state index contributed by atoms with van der Waals surface area (Å²) in [5.41, 5.74) is 0.0988. The Kier molecular flexibility index (Phi) is 6.92. The number of carbonyl (C=O) groups excluding carboxylic acids is 2.